The van der Waals surface area contributed by atoms with Crippen LogP contribution in [0.3, 0.4) is 0 Å². The van der Waals surface area contributed by atoms with Crippen molar-refractivity contribution in [3.05, 3.63) is 48.2 Å². The highest BCUT2D eigenvalue weighted by atomic mass is 16.3. The zero-order valence-electron chi connectivity index (χ0n) is 14.2. The van der Waals surface area contributed by atoms with Crippen LogP contribution in [-0.2, 0) is 20.1 Å². The minimum Gasteiger partial charge on any atom is -0.858 e. The van der Waals surface area contributed by atoms with Gasteiger partial charge in [-0.1, -0.05) is 0 Å². The summed E-state index contributed by atoms with van der Waals surface area (Å²) in [4.78, 5) is 26.5. The minimum atomic E-state index is -0.572. The van der Waals surface area contributed by atoms with Crippen LogP contribution < -0.4 is 5.11 Å². The zero-order valence-corrected chi connectivity index (χ0v) is 14.2. The average molecular weight is 353 g/mol. The summed E-state index contributed by atoms with van der Waals surface area (Å²) in [5.41, 5.74) is 0.909. The molecular weight excluding hydrogens is 336 g/mol. The second-order valence-electron chi connectivity index (χ2n) is 6.28. The molecular formula is C16H17N8O2-. The van der Waals surface area contributed by atoms with Crippen molar-refractivity contribution in [2.45, 2.75) is 32.0 Å². The number of rotatable bonds is 6. The molecule has 134 valence electrons. The predicted molar refractivity (Wildman–Crippen MR) is 86.7 cm³/mol. The van der Waals surface area contributed by atoms with Gasteiger partial charge in [-0.15, -0.1) is 0 Å². The van der Waals surface area contributed by atoms with Crippen molar-refractivity contribution in [2.75, 3.05) is 0 Å². The van der Waals surface area contributed by atoms with Crippen molar-refractivity contribution in [1.82, 2.24) is 39.4 Å². The molecule has 3 aromatic heterocycles. The first-order valence-electron chi connectivity index (χ1n) is 8.24. The Kier molecular flexibility index (Phi) is 4.07. The lowest BCUT2D eigenvalue weighted by molar-refractivity contribution is -0.275. The number of nitrogens with zero attached hydrogens (tertiary/aromatic N) is 8. The van der Waals surface area contributed by atoms with Gasteiger partial charge in [-0.25, -0.2) is 19.6 Å². The summed E-state index contributed by atoms with van der Waals surface area (Å²) in [5.74, 6) is -0.618. The number of hydrogen-bond donors (Lipinski definition) is 0. The van der Waals surface area contributed by atoms with E-state index in [1.54, 1.807) is 15.8 Å². The number of carbonyl (C=O) groups excluding carboxylic acids is 1. The molecule has 0 aromatic carbocycles. The van der Waals surface area contributed by atoms with Gasteiger partial charge in [0.1, 0.15) is 25.0 Å². The fraction of sp³-hybridized carbons (Fsp3) is 0.375. The Morgan fingerprint density at radius 2 is 2.19 bits per heavy atom. The van der Waals surface area contributed by atoms with Crippen molar-refractivity contribution in [1.29, 1.82) is 0 Å². The molecule has 10 nitrogen and oxygen atoms in total. The summed E-state index contributed by atoms with van der Waals surface area (Å²) in [5, 5.41) is 20.4. The lowest BCUT2D eigenvalue weighted by atomic mass is 10.2. The molecule has 1 amide bonds. The van der Waals surface area contributed by atoms with E-state index in [1.165, 1.54) is 23.5 Å². The van der Waals surface area contributed by atoms with Crippen LogP contribution in [0.1, 0.15) is 34.6 Å². The largest absolute Gasteiger partial charge is 0.858 e. The Morgan fingerprint density at radius 3 is 2.81 bits per heavy atom. The number of amides is 1. The van der Waals surface area contributed by atoms with Crippen LogP contribution in [0.15, 0.2) is 31.2 Å². The third kappa shape index (κ3) is 3.39. The highest BCUT2D eigenvalue weighted by molar-refractivity contribution is 5.96. The highest BCUT2D eigenvalue weighted by Crippen LogP contribution is 2.30. The maximum atomic E-state index is 12.9. The van der Waals surface area contributed by atoms with E-state index in [2.05, 4.69) is 25.1 Å². The van der Waals surface area contributed by atoms with E-state index in [-0.39, 0.29) is 24.1 Å². The highest BCUT2D eigenvalue weighted by Gasteiger charge is 2.33. The molecule has 0 spiro atoms. The number of aryl methyl sites for hydroxylation is 1. The van der Waals surface area contributed by atoms with Gasteiger partial charge in [-0.3, -0.25) is 9.48 Å². The number of aromatic nitrogens is 7. The predicted octanol–water partition coefficient (Wildman–Crippen LogP) is -0.272. The third-order valence-corrected chi connectivity index (χ3v) is 4.16. The molecule has 10 heteroatoms. The van der Waals surface area contributed by atoms with Gasteiger partial charge in [0.2, 0.25) is 0 Å². The molecule has 0 N–H and O–H groups in total. The van der Waals surface area contributed by atoms with Gasteiger partial charge in [0.05, 0.1) is 11.8 Å². The SMILES string of the molecule is Cn1cc(CN(C(=O)c2cnc(Cn3cncn3)nc2[O-])C2CC2)cn1. The molecule has 0 saturated heterocycles. The molecule has 3 aromatic rings. The molecule has 0 bridgehead atoms. The van der Waals surface area contributed by atoms with Crippen LogP contribution >= 0.6 is 0 Å². The van der Waals surface area contributed by atoms with Crippen molar-refractivity contribution in [3.63, 3.8) is 0 Å². The molecule has 4 rings (SSSR count). The van der Waals surface area contributed by atoms with E-state index in [0.717, 1.165) is 18.4 Å². The molecule has 1 saturated carbocycles. The fourth-order valence-corrected chi connectivity index (χ4v) is 2.74. The molecule has 26 heavy (non-hydrogen) atoms. The zero-order chi connectivity index (χ0) is 18.1. The molecule has 1 aliphatic carbocycles. The summed E-state index contributed by atoms with van der Waals surface area (Å²) in [6.07, 6.45) is 9.66. The van der Waals surface area contributed by atoms with E-state index in [9.17, 15) is 9.90 Å². The van der Waals surface area contributed by atoms with Crippen LogP contribution in [0.2, 0.25) is 0 Å². The lowest BCUT2D eigenvalue weighted by Crippen LogP contribution is -2.33. The Bertz CT molecular complexity index is 916. The monoisotopic (exact) mass is 353 g/mol. The van der Waals surface area contributed by atoms with Crippen LogP contribution in [0.5, 0.6) is 5.88 Å². The Balaban J connectivity index is 1.53. The Hall–Kier alpha value is -3.30. The number of hydrogen-bond acceptors (Lipinski definition) is 7. The lowest BCUT2D eigenvalue weighted by Gasteiger charge is -2.24. The molecule has 0 aliphatic heterocycles. The van der Waals surface area contributed by atoms with E-state index >= 15 is 0 Å². The van der Waals surface area contributed by atoms with Gasteiger partial charge in [0.25, 0.3) is 5.91 Å². The summed E-state index contributed by atoms with van der Waals surface area (Å²) >= 11 is 0. The first-order valence-corrected chi connectivity index (χ1v) is 8.24. The summed E-state index contributed by atoms with van der Waals surface area (Å²) in [7, 11) is 1.82. The topological polar surface area (TPSA) is 118 Å². The maximum Gasteiger partial charge on any atom is 0.256 e. The van der Waals surface area contributed by atoms with Crippen molar-refractivity contribution >= 4 is 5.91 Å². The van der Waals surface area contributed by atoms with Crippen molar-refractivity contribution in [3.8, 4) is 5.88 Å². The van der Waals surface area contributed by atoms with Crippen molar-refractivity contribution < 1.29 is 9.90 Å². The molecule has 0 radical (unpaired) electrons. The van der Waals surface area contributed by atoms with Gasteiger partial charge < -0.3 is 10.0 Å². The standard InChI is InChI=1S/C16H18N8O2/c1-22-6-11(4-19-22)7-24(12-2-3-12)16(26)13-5-18-14(21-15(13)25)8-23-10-17-9-20-23/h4-6,9-10,12H,2-3,7-8H2,1H3,(H,18,21,25)/p-1. The van der Waals surface area contributed by atoms with E-state index in [4.69, 9.17) is 0 Å². The van der Waals surface area contributed by atoms with Gasteiger partial charge in [0.15, 0.2) is 0 Å². The van der Waals surface area contributed by atoms with E-state index in [0.29, 0.717) is 12.4 Å². The van der Waals surface area contributed by atoms with Crippen LogP contribution in [0.4, 0.5) is 0 Å². The molecule has 1 fully saturated rings. The van der Waals surface area contributed by atoms with Gasteiger partial charge in [-0.2, -0.15) is 10.2 Å². The average Bonchev–Trinajstić information content (AvgIpc) is 3.17. The Morgan fingerprint density at radius 1 is 1.35 bits per heavy atom. The molecule has 0 unspecified atom stereocenters. The Labute approximate surface area is 149 Å². The molecule has 0 atom stereocenters. The third-order valence-electron chi connectivity index (χ3n) is 4.16. The number of carbonyl (C=O) groups is 1. The summed E-state index contributed by atoms with van der Waals surface area (Å²) < 4.78 is 3.20. The fourth-order valence-electron chi connectivity index (χ4n) is 2.74. The van der Waals surface area contributed by atoms with Gasteiger partial charge in [-0.05, 0) is 12.8 Å². The first kappa shape index (κ1) is 16.2. The maximum absolute atomic E-state index is 12.9. The second kappa shape index (κ2) is 6.54. The summed E-state index contributed by atoms with van der Waals surface area (Å²) in [6, 6.07) is 0.150. The second-order valence-corrected chi connectivity index (χ2v) is 6.28. The van der Waals surface area contributed by atoms with Crippen LogP contribution in [-0.4, -0.2) is 51.4 Å². The summed E-state index contributed by atoms with van der Waals surface area (Å²) in [6.45, 7) is 0.642. The van der Waals surface area contributed by atoms with Crippen LogP contribution in [0, 0.1) is 0 Å². The van der Waals surface area contributed by atoms with Gasteiger partial charge in [0, 0.05) is 43.5 Å². The normalized spacial score (nSPS) is 13.7. The minimum absolute atomic E-state index is 0.0110. The van der Waals surface area contributed by atoms with Gasteiger partial charge >= 0.3 is 0 Å². The van der Waals surface area contributed by atoms with Crippen molar-refractivity contribution in [2.24, 2.45) is 7.05 Å². The van der Waals surface area contributed by atoms with Crippen LogP contribution in [0.25, 0.3) is 0 Å². The smallest absolute Gasteiger partial charge is 0.256 e. The van der Waals surface area contributed by atoms with E-state index < -0.39 is 5.88 Å². The van der Waals surface area contributed by atoms with E-state index in [1.807, 2.05) is 13.2 Å². The molecule has 3 heterocycles. The first-order chi connectivity index (χ1) is 12.6. The quantitative estimate of drug-likeness (QED) is 0.598. The molecule has 1 aliphatic rings.